The molecule has 0 radical (unpaired) electrons. The Kier molecular flexibility index (Phi) is 1.15. The fourth-order valence-electron chi connectivity index (χ4n) is 0.349. The fourth-order valence-corrected chi connectivity index (χ4v) is 0.796. The van der Waals surface area contributed by atoms with Gasteiger partial charge in [0, 0.05) is 0 Å². The summed E-state index contributed by atoms with van der Waals surface area (Å²) in [4.78, 5) is 2.33. The molecule has 0 nitrogen and oxygen atoms in total. The van der Waals surface area contributed by atoms with Crippen LogP contribution in [-0.2, 0) is 0 Å². The Labute approximate surface area is 48.4 Å². The Bertz CT molecular complexity index is 81.7. The lowest BCUT2D eigenvalue weighted by atomic mass is 10.1. The van der Waals surface area contributed by atoms with Crippen molar-refractivity contribution in [1.82, 2.24) is 0 Å². The summed E-state index contributed by atoms with van der Waals surface area (Å²) < 4.78 is 0. The molecule has 0 fully saturated rings. The van der Waals surface area contributed by atoms with E-state index in [-0.39, 0.29) is 0 Å². The first-order chi connectivity index (χ1) is 2.80. The molecule has 0 heterocycles. The van der Waals surface area contributed by atoms with Crippen molar-refractivity contribution in [3.8, 4) is 0 Å². The minimum absolute atomic E-state index is 1.14. The molecule has 0 aromatic heterocycles. The number of hydrogen-bond donors (Lipinski definition) is 2. The van der Waals surface area contributed by atoms with Gasteiger partial charge in [-0.2, -0.15) is 0 Å². The van der Waals surface area contributed by atoms with Gasteiger partial charge in [-0.05, 0) is 22.7 Å². The molecule has 0 aromatic rings. The van der Waals surface area contributed by atoms with Crippen LogP contribution in [-0.4, -0.2) is 0 Å². The molecule has 1 aliphatic carbocycles. The lowest BCUT2D eigenvalue weighted by Crippen LogP contribution is -1.90. The smallest absolute Gasteiger partial charge is 0.00881 e. The van der Waals surface area contributed by atoms with E-state index in [9.17, 15) is 0 Å². The van der Waals surface area contributed by atoms with Gasteiger partial charge in [-0.15, -0.1) is 25.3 Å². The van der Waals surface area contributed by atoms with Crippen LogP contribution in [0.15, 0.2) is 9.81 Å². The standard InChI is InChI=1S/C4H6S2/c5-3-1-2-4(3)6/h5-6H,1-2H2. The summed E-state index contributed by atoms with van der Waals surface area (Å²) in [6.45, 7) is 0. The van der Waals surface area contributed by atoms with E-state index in [0.717, 1.165) is 12.8 Å². The van der Waals surface area contributed by atoms with E-state index in [1.165, 1.54) is 9.81 Å². The molecule has 0 spiro atoms. The number of rotatable bonds is 0. The van der Waals surface area contributed by atoms with E-state index < -0.39 is 0 Å². The first-order valence-electron chi connectivity index (χ1n) is 1.90. The number of thiol groups is 2. The van der Waals surface area contributed by atoms with E-state index in [0.29, 0.717) is 0 Å². The van der Waals surface area contributed by atoms with Crippen molar-refractivity contribution in [2.24, 2.45) is 0 Å². The SMILES string of the molecule is SC1=C(S)CC1. The van der Waals surface area contributed by atoms with Crippen molar-refractivity contribution in [3.05, 3.63) is 9.81 Å². The van der Waals surface area contributed by atoms with E-state index in [2.05, 4.69) is 25.3 Å². The van der Waals surface area contributed by atoms with E-state index >= 15 is 0 Å². The van der Waals surface area contributed by atoms with Gasteiger partial charge in [0.2, 0.25) is 0 Å². The maximum absolute atomic E-state index is 4.08. The highest BCUT2D eigenvalue weighted by Gasteiger charge is 2.07. The molecular weight excluding hydrogens is 112 g/mol. The molecule has 0 bridgehead atoms. The summed E-state index contributed by atoms with van der Waals surface area (Å²) in [7, 11) is 0. The molecule has 0 amide bonds. The maximum Gasteiger partial charge on any atom is -0.00881 e. The van der Waals surface area contributed by atoms with Crippen LogP contribution in [0.4, 0.5) is 0 Å². The van der Waals surface area contributed by atoms with Crippen molar-refractivity contribution in [2.45, 2.75) is 12.8 Å². The minimum Gasteiger partial charge on any atom is -0.147 e. The van der Waals surface area contributed by atoms with Crippen LogP contribution in [0.25, 0.3) is 0 Å². The van der Waals surface area contributed by atoms with Gasteiger partial charge in [-0.3, -0.25) is 0 Å². The molecular formula is C4H6S2. The third-order valence-electron chi connectivity index (χ3n) is 0.932. The molecule has 0 atom stereocenters. The number of hydrogen-bond acceptors (Lipinski definition) is 2. The molecule has 0 saturated carbocycles. The molecule has 2 heteroatoms. The molecule has 34 valence electrons. The molecule has 1 rings (SSSR count). The zero-order chi connectivity index (χ0) is 4.57. The quantitative estimate of drug-likeness (QED) is 0.446. The Morgan fingerprint density at radius 1 is 1.00 bits per heavy atom. The van der Waals surface area contributed by atoms with Crippen LogP contribution in [0, 0.1) is 0 Å². The van der Waals surface area contributed by atoms with E-state index in [1.807, 2.05) is 0 Å². The molecule has 0 aromatic carbocycles. The second kappa shape index (κ2) is 1.51. The second-order valence-corrected chi connectivity index (χ2v) is 2.47. The van der Waals surface area contributed by atoms with Crippen molar-refractivity contribution in [3.63, 3.8) is 0 Å². The van der Waals surface area contributed by atoms with Crippen molar-refractivity contribution in [1.29, 1.82) is 0 Å². The average Bonchev–Trinajstić information content (AvgIpc) is 1.61. The summed E-state index contributed by atoms with van der Waals surface area (Å²) in [5.74, 6) is 0. The van der Waals surface area contributed by atoms with Crippen LogP contribution in [0.3, 0.4) is 0 Å². The Morgan fingerprint density at radius 2 is 1.33 bits per heavy atom. The molecule has 0 saturated heterocycles. The van der Waals surface area contributed by atoms with Crippen LogP contribution < -0.4 is 0 Å². The molecule has 0 unspecified atom stereocenters. The Hall–Kier alpha value is 0.440. The van der Waals surface area contributed by atoms with Gasteiger partial charge in [0.05, 0.1) is 0 Å². The molecule has 1 aliphatic rings. The van der Waals surface area contributed by atoms with Crippen LogP contribution >= 0.6 is 25.3 Å². The number of allylic oxidation sites excluding steroid dienone is 2. The van der Waals surface area contributed by atoms with Crippen molar-refractivity contribution >= 4 is 25.3 Å². The van der Waals surface area contributed by atoms with Crippen molar-refractivity contribution in [2.75, 3.05) is 0 Å². The third kappa shape index (κ3) is 0.590. The maximum atomic E-state index is 4.08. The highest BCUT2D eigenvalue weighted by atomic mass is 32.1. The molecule has 0 aliphatic heterocycles. The normalized spacial score (nSPS) is 21.0. The summed E-state index contributed by atoms with van der Waals surface area (Å²) in [5, 5.41) is 0. The Balaban J connectivity index is 2.66. The monoisotopic (exact) mass is 118 g/mol. The predicted molar refractivity (Wildman–Crippen MR) is 34.2 cm³/mol. The largest absolute Gasteiger partial charge is 0.147 e. The first-order valence-corrected chi connectivity index (χ1v) is 2.80. The van der Waals surface area contributed by atoms with E-state index in [4.69, 9.17) is 0 Å². The Morgan fingerprint density at radius 3 is 1.33 bits per heavy atom. The average molecular weight is 118 g/mol. The van der Waals surface area contributed by atoms with Gasteiger partial charge < -0.3 is 0 Å². The summed E-state index contributed by atoms with van der Waals surface area (Å²) in [6, 6.07) is 0. The second-order valence-electron chi connectivity index (χ2n) is 1.39. The molecule has 0 N–H and O–H groups in total. The van der Waals surface area contributed by atoms with Crippen LogP contribution in [0.5, 0.6) is 0 Å². The minimum atomic E-state index is 1.14. The van der Waals surface area contributed by atoms with Gasteiger partial charge in [-0.25, -0.2) is 0 Å². The van der Waals surface area contributed by atoms with Crippen LogP contribution in [0.2, 0.25) is 0 Å². The predicted octanol–water partition coefficient (Wildman–Crippen LogP) is 1.85. The van der Waals surface area contributed by atoms with Gasteiger partial charge in [0.1, 0.15) is 0 Å². The summed E-state index contributed by atoms with van der Waals surface area (Å²) >= 11 is 8.17. The third-order valence-corrected chi connectivity index (χ3v) is 2.10. The van der Waals surface area contributed by atoms with Gasteiger partial charge in [0.15, 0.2) is 0 Å². The topological polar surface area (TPSA) is 0 Å². The van der Waals surface area contributed by atoms with Crippen LogP contribution in [0.1, 0.15) is 12.8 Å². The lowest BCUT2D eigenvalue weighted by molar-refractivity contribution is 0.926. The zero-order valence-corrected chi connectivity index (χ0v) is 5.10. The van der Waals surface area contributed by atoms with Crippen molar-refractivity contribution < 1.29 is 0 Å². The summed E-state index contributed by atoms with van der Waals surface area (Å²) in [5.41, 5.74) is 0. The lowest BCUT2D eigenvalue weighted by Gasteiger charge is -2.12. The molecule has 6 heavy (non-hydrogen) atoms. The summed E-state index contributed by atoms with van der Waals surface area (Å²) in [6.07, 6.45) is 2.28. The highest BCUT2D eigenvalue weighted by molar-refractivity contribution is 7.88. The highest BCUT2D eigenvalue weighted by Crippen LogP contribution is 2.32. The first kappa shape index (κ1) is 4.60. The van der Waals surface area contributed by atoms with Gasteiger partial charge in [-0.1, -0.05) is 0 Å². The van der Waals surface area contributed by atoms with Gasteiger partial charge in [0.25, 0.3) is 0 Å². The van der Waals surface area contributed by atoms with E-state index in [1.54, 1.807) is 0 Å². The van der Waals surface area contributed by atoms with Gasteiger partial charge >= 0.3 is 0 Å². The fraction of sp³-hybridized carbons (Fsp3) is 0.500. The zero-order valence-electron chi connectivity index (χ0n) is 3.31.